The van der Waals surface area contributed by atoms with Gasteiger partial charge in [-0.05, 0) is 0 Å². The molecule has 4 heteroatoms. The van der Waals surface area contributed by atoms with Crippen LogP contribution in [0.2, 0.25) is 13.3 Å². The van der Waals surface area contributed by atoms with E-state index in [4.69, 9.17) is 0 Å². The van der Waals surface area contributed by atoms with Gasteiger partial charge in [-0.15, -0.1) is 0 Å². The van der Waals surface area contributed by atoms with Crippen LogP contribution < -0.4 is 2.89 Å². The molecule has 3 aromatic rings. The molecule has 3 heterocycles. The van der Waals surface area contributed by atoms with Gasteiger partial charge in [-0.1, -0.05) is 6.92 Å². The molecule has 0 amide bonds. The third-order valence-corrected chi connectivity index (χ3v) is 28.7. The molecule has 176 valence electrons. The van der Waals surface area contributed by atoms with Gasteiger partial charge in [-0.25, -0.2) is 0 Å². The Hall–Kier alpha value is -0.101. The van der Waals surface area contributed by atoms with E-state index in [0.29, 0.717) is 0 Å². The molecular formula is C28H42S3Sn. The van der Waals surface area contributed by atoms with Crippen LogP contribution in [0.15, 0.2) is 36.4 Å². The Kier molecular flexibility index (Phi) is 11.3. The Morgan fingerprint density at radius 2 is 1.00 bits per heavy atom. The average Bonchev–Trinajstić information content (AvgIpc) is 3.57. The molecule has 3 rings (SSSR count). The molecule has 0 bridgehead atoms. The van der Waals surface area contributed by atoms with Crippen molar-refractivity contribution in [2.24, 2.45) is 0 Å². The fourth-order valence-corrected chi connectivity index (χ4v) is 27.0. The maximum atomic E-state index is 2.57. The summed E-state index contributed by atoms with van der Waals surface area (Å²) in [5.74, 6) is 0. The van der Waals surface area contributed by atoms with Gasteiger partial charge in [-0.3, -0.25) is 0 Å². The van der Waals surface area contributed by atoms with Crippen LogP contribution in [0.25, 0.3) is 19.5 Å². The Bertz CT molecular complexity index is 895. The van der Waals surface area contributed by atoms with E-state index in [1.54, 1.807) is 13.3 Å². The SMILES string of the molecule is CCCCc1ccc(-c2ccc(-c3cc[c]([Sn]([CH2]CCC)([CH2]CCC)[CH2]CCC)s3)s2)s1. The van der Waals surface area contributed by atoms with Crippen molar-refractivity contribution in [1.29, 1.82) is 0 Å². The standard InChI is InChI=1S/C16H15S3.3C4H9.Sn/c1-2-3-5-12-7-8-15(18-12)16-10-9-14(19-16)13-6-4-11-17-13;3*1-3-4-2;/h4,6-10H,2-3,5H2,1H3;3*1,3-4H2,2H3;. The van der Waals surface area contributed by atoms with E-state index in [2.05, 4.69) is 75.4 Å². The average molecular weight is 594 g/mol. The topological polar surface area (TPSA) is 0 Å². The van der Waals surface area contributed by atoms with Crippen LogP contribution in [0.1, 0.15) is 83.9 Å². The Morgan fingerprint density at radius 1 is 0.531 bits per heavy atom. The van der Waals surface area contributed by atoms with Crippen LogP contribution in [-0.4, -0.2) is 18.4 Å². The summed E-state index contributed by atoms with van der Waals surface area (Å²) in [4.78, 5) is 7.43. The van der Waals surface area contributed by atoms with Crippen LogP contribution in [-0.2, 0) is 6.42 Å². The third kappa shape index (κ3) is 6.96. The summed E-state index contributed by atoms with van der Waals surface area (Å²) in [5, 5.41) is 0. The zero-order valence-corrected chi connectivity index (χ0v) is 26.0. The zero-order chi connectivity index (χ0) is 22.8. The molecule has 0 aromatic carbocycles. The predicted molar refractivity (Wildman–Crippen MR) is 154 cm³/mol. The second kappa shape index (κ2) is 13.7. The van der Waals surface area contributed by atoms with E-state index in [9.17, 15) is 0 Å². The van der Waals surface area contributed by atoms with Gasteiger partial charge in [0.05, 0.1) is 0 Å². The van der Waals surface area contributed by atoms with E-state index in [1.165, 1.54) is 82.2 Å². The summed E-state index contributed by atoms with van der Waals surface area (Å²) in [5.41, 5.74) is 0. The minimum atomic E-state index is -2.30. The number of hydrogen-bond acceptors (Lipinski definition) is 3. The third-order valence-electron chi connectivity index (χ3n) is 6.69. The van der Waals surface area contributed by atoms with Gasteiger partial charge >= 0.3 is 208 Å². The van der Waals surface area contributed by atoms with Crippen LogP contribution in [0.5, 0.6) is 0 Å². The first-order chi connectivity index (χ1) is 15.7. The first-order valence-corrected chi connectivity index (χ1v) is 22.9. The molecule has 0 unspecified atom stereocenters. The summed E-state index contributed by atoms with van der Waals surface area (Å²) < 4.78 is 6.56. The van der Waals surface area contributed by atoms with Gasteiger partial charge in [0, 0.05) is 0 Å². The monoisotopic (exact) mass is 594 g/mol. The van der Waals surface area contributed by atoms with Crippen molar-refractivity contribution in [3.63, 3.8) is 0 Å². The summed E-state index contributed by atoms with van der Waals surface area (Å²) >= 11 is 3.87. The number of thiophene rings is 3. The normalized spacial score (nSPS) is 12.0. The Labute approximate surface area is 213 Å². The number of hydrogen-bond donors (Lipinski definition) is 0. The number of aryl methyl sites for hydroxylation is 1. The molecule has 0 aliphatic heterocycles. The quantitative estimate of drug-likeness (QED) is 0.154. The van der Waals surface area contributed by atoms with Crippen molar-refractivity contribution in [2.45, 2.75) is 98.8 Å². The molecule has 0 saturated heterocycles. The molecule has 3 aromatic heterocycles. The predicted octanol–water partition coefficient (Wildman–Crippen LogP) is 10.6. The fourth-order valence-electron chi connectivity index (χ4n) is 4.64. The van der Waals surface area contributed by atoms with Crippen molar-refractivity contribution >= 4 is 55.3 Å². The van der Waals surface area contributed by atoms with Gasteiger partial charge in [0.15, 0.2) is 0 Å². The molecule has 0 nitrogen and oxygen atoms in total. The molecule has 0 aliphatic rings. The first kappa shape index (κ1) is 26.5. The van der Waals surface area contributed by atoms with Crippen LogP contribution in [0.4, 0.5) is 0 Å². The fraction of sp³-hybridized carbons (Fsp3) is 0.571. The van der Waals surface area contributed by atoms with Gasteiger partial charge in [0.25, 0.3) is 0 Å². The number of rotatable bonds is 15. The maximum absolute atomic E-state index is 2.57. The van der Waals surface area contributed by atoms with Crippen LogP contribution >= 0.6 is 34.0 Å². The van der Waals surface area contributed by atoms with E-state index in [-0.39, 0.29) is 0 Å². The van der Waals surface area contributed by atoms with Crippen molar-refractivity contribution in [1.82, 2.24) is 0 Å². The van der Waals surface area contributed by atoms with Crippen molar-refractivity contribution in [3.8, 4) is 19.5 Å². The van der Waals surface area contributed by atoms with Crippen molar-refractivity contribution < 1.29 is 0 Å². The summed E-state index contributed by atoms with van der Waals surface area (Å²) in [6.45, 7) is 9.41. The van der Waals surface area contributed by atoms with E-state index in [0.717, 1.165) is 0 Å². The minimum absolute atomic E-state index is 1.23. The van der Waals surface area contributed by atoms with Crippen molar-refractivity contribution in [2.75, 3.05) is 0 Å². The summed E-state index contributed by atoms with van der Waals surface area (Å²) in [6, 6.07) is 14.5. The van der Waals surface area contributed by atoms with E-state index >= 15 is 0 Å². The molecule has 0 saturated carbocycles. The van der Waals surface area contributed by atoms with E-state index < -0.39 is 18.4 Å². The Morgan fingerprint density at radius 3 is 1.56 bits per heavy atom. The summed E-state index contributed by atoms with van der Waals surface area (Å²) in [6.07, 6.45) is 12.2. The molecule has 0 atom stereocenters. The second-order valence-corrected chi connectivity index (χ2v) is 26.8. The van der Waals surface area contributed by atoms with Crippen LogP contribution in [0, 0.1) is 0 Å². The molecule has 0 aliphatic carbocycles. The Balaban J connectivity index is 1.82. The second-order valence-electron chi connectivity index (χ2n) is 9.29. The van der Waals surface area contributed by atoms with Gasteiger partial charge in [-0.2, -0.15) is 0 Å². The van der Waals surface area contributed by atoms with Crippen LogP contribution in [0.3, 0.4) is 0 Å². The van der Waals surface area contributed by atoms with E-state index in [1.807, 2.05) is 25.6 Å². The zero-order valence-electron chi connectivity index (χ0n) is 20.7. The summed E-state index contributed by atoms with van der Waals surface area (Å²) in [7, 11) is 0. The molecular weight excluding hydrogens is 551 g/mol. The van der Waals surface area contributed by atoms with Crippen molar-refractivity contribution in [3.05, 3.63) is 41.3 Å². The van der Waals surface area contributed by atoms with Gasteiger partial charge in [0.2, 0.25) is 0 Å². The van der Waals surface area contributed by atoms with Gasteiger partial charge < -0.3 is 0 Å². The number of unbranched alkanes of at least 4 members (excludes halogenated alkanes) is 4. The molecule has 32 heavy (non-hydrogen) atoms. The molecule has 0 spiro atoms. The molecule has 0 radical (unpaired) electrons. The molecule has 0 fully saturated rings. The molecule has 0 N–H and O–H groups in total. The first-order valence-electron chi connectivity index (χ1n) is 12.9. The van der Waals surface area contributed by atoms with Gasteiger partial charge in [0.1, 0.15) is 0 Å².